The van der Waals surface area contributed by atoms with Gasteiger partial charge in [-0.1, -0.05) is 141 Å². The summed E-state index contributed by atoms with van der Waals surface area (Å²) in [6.07, 6.45) is 28.3. The number of likely N-dealkylation sites (tertiary alicyclic amines) is 5. The van der Waals surface area contributed by atoms with Crippen molar-refractivity contribution in [2.24, 2.45) is 64.2 Å². The van der Waals surface area contributed by atoms with Gasteiger partial charge in [0.1, 0.15) is 0 Å². The molecule has 5 N–H and O–H groups in total. The van der Waals surface area contributed by atoms with Gasteiger partial charge in [0, 0.05) is 136 Å². The summed E-state index contributed by atoms with van der Waals surface area (Å²) < 4.78 is 0. The Labute approximate surface area is 682 Å². The zero-order valence-electron chi connectivity index (χ0n) is 77.6. The molecule has 3 aliphatic carbocycles. The Morgan fingerprint density at radius 3 is 1.36 bits per heavy atom. The molecule has 0 spiro atoms. The maximum Gasteiger partial charge on any atom is 0.0704 e. The fraction of sp³-hybridized carbons (Fsp3) is 0.816. The predicted octanol–water partition coefficient (Wildman–Crippen LogP) is 21.9. The third-order valence-electron chi connectivity index (χ3n) is 23.8. The first kappa shape index (κ1) is 99.1. The first-order chi connectivity index (χ1) is 51.7. The molecule has 11 fully saturated rings. The molecule has 3 saturated carbocycles. The number of benzene rings is 2. The van der Waals surface area contributed by atoms with Gasteiger partial charge >= 0.3 is 0 Å². The highest BCUT2D eigenvalue weighted by Gasteiger charge is 2.45. The van der Waals surface area contributed by atoms with Gasteiger partial charge in [-0.05, 0) is 343 Å². The van der Waals surface area contributed by atoms with E-state index in [4.69, 9.17) is 0 Å². The SMILES string of the molecule is C1CCNCC1.C1CNCCN1.CC(C)(C)N1CC2CCC(C2)C1.CC(C)(C)N1CC2CCC1C2.CC(C)(C)N1CCC1.CC(C)(C)c1ccc2c(c1)CCN2.CC(C)C.CC(C)C.CC(C)C1=CN=CC1.CC(C)C1CCNC1.CC(C)N1CC2CC2C1.CC(C)N1CCCC1.CC(C)c1cccc2ncccc12. The number of piperazine rings is 1. The Morgan fingerprint density at radius 1 is 0.464 bits per heavy atom. The van der Waals surface area contributed by atoms with Crippen molar-refractivity contribution in [2.45, 2.75) is 343 Å². The topological polar surface area (TPSA) is 102 Å². The molecule has 13 aliphatic rings. The molecule has 7 unspecified atom stereocenters. The van der Waals surface area contributed by atoms with E-state index in [1.54, 1.807) is 0 Å². The van der Waals surface area contributed by atoms with E-state index in [0.29, 0.717) is 28.5 Å². The van der Waals surface area contributed by atoms with Crippen molar-refractivity contribution in [2.75, 3.05) is 123 Å². The van der Waals surface area contributed by atoms with Gasteiger partial charge in [0.2, 0.25) is 0 Å². The van der Waals surface area contributed by atoms with Crippen molar-refractivity contribution in [3.05, 3.63) is 83.2 Å². The Hall–Kier alpha value is -3.30. The quantitative estimate of drug-likeness (QED) is 0.169. The summed E-state index contributed by atoms with van der Waals surface area (Å²) in [5.41, 5.74) is 9.69. The lowest BCUT2D eigenvalue weighted by atomic mass is 9.86. The second kappa shape index (κ2) is 51.0. The summed E-state index contributed by atoms with van der Waals surface area (Å²) >= 11 is 0. The maximum atomic E-state index is 4.32. The van der Waals surface area contributed by atoms with Crippen LogP contribution < -0.4 is 26.6 Å². The van der Waals surface area contributed by atoms with Crippen LogP contribution in [0.5, 0.6) is 0 Å². The van der Waals surface area contributed by atoms with Gasteiger partial charge in [-0.15, -0.1) is 0 Å². The lowest BCUT2D eigenvalue weighted by Crippen LogP contribution is -2.49. The molecule has 110 heavy (non-hydrogen) atoms. The molecule has 8 saturated heterocycles. The van der Waals surface area contributed by atoms with Crippen LogP contribution in [-0.2, 0) is 11.8 Å². The smallest absolute Gasteiger partial charge is 0.0704 e. The van der Waals surface area contributed by atoms with E-state index >= 15 is 0 Å². The molecule has 634 valence electrons. The minimum atomic E-state index is 0.275. The number of hydrogen-bond donors (Lipinski definition) is 5. The van der Waals surface area contributed by atoms with Crippen LogP contribution in [0.3, 0.4) is 0 Å². The number of allylic oxidation sites excluding steroid dienone is 1. The van der Waals surface area contributed by atoms with Crippen molar-refractivity contribution < 1.29 is 0 Å². The molecule has 7 atom stereocenters. The summed E-state index contributed by atoms with van der Waals surface area (Å²) in [7, 11) is 0. The Kier molecular flexibility index (Phi) is 45.9. The van der Waals surface area contributed by atoms with Gasteiger partial charge in [0.05, 0.1) is 5.52 Å². The highest BCUT2D eigenvalue weighted by Crippen LogP contribution is 2.46. The third kappa shape index (κ3) is 40.0. The minimum absolute atomic E-state index is 0.275. The second-order valence-corrected chi connectivity index (χ2v) is 41.5. The lowest BCUT2D eigenvalue weighted by Gasteiger charge is -2.42. The van der Waals surface area contributed by atoms with E-state index in [9.17, 15) is 0 Å². The molecular weight excluding hydrogens is 1350 g/mol. The first-order valence-corrected chi connectivity index (χ1v) is 45.7. The van der Waals surface area contributed by atoms with Crippen LogP contribution in [0.15, 0.2) is 71.5 Å². The number of anilines is 1. The van der Waals surface area contributed by atoms with Crippen LogP contribution in [0.1, 0.15) is 313 Å². The van der Waals surface area contributed by atoms with Gasteiger partial charge in [-0.3, -0.25) is 24.7 Å². The maximum absolute atomic E-state index is 4.32. The molecular formula is C98H182N12. The monoisotopic (exact) mass is 1530 g/mol. The fourth-order valence-corrected chi connectivity index (χ4v) is 16.4. The van der Waals surface area contributed by atoms with Crippen molar-refractivity contribution in [1.82, 2.24) is 50.8 Å². The van der Waals surface area contributed by atoms with E-state index in [-0.39, 0.29) is 5.41 Å². The van der Waals surface area contributed by atoms with Crippen LogP contribution in [-0.4, -0.2) is 188 Å². The zero-order valence-corrected chi connectivity index (χ0v) is 77.6. The second-order valence-electron chi connectivity index (χ2n) is 41.5. The largest absolute Gasteiger partial charge is 0.384 e. The van der Waals surface area contributed by atoms with E-state index in [1.165, 1.54) is 215 Å². The summed E-state index contributed by atoms with van der Waals surface area (Å²) in [6, 6.07) is 19.7. The van der Waals surface area contributed by atoms with Crippen molar-refractivity contribution in [3.8, 4) is 0 Å². The number of rotatable bonds is 5. The third-order valence-corrected chi connectivity index (χ3v) is 23.8. The van der Waals surface area contributed by atoms with Gasteiger partial charge in [-0.2, -0.15) is 0 Å². The predicted molar refractivity (Wildman–Crippen MR) is 488 cm³/mol. The van der Waals surface area contributed by atoms with Crippen LogP contribution in [0.4, 0.5) is 5.69 Å². The van der Waals surface area contributed by atoms with Crippen LogP contribution in [0.25, 0.3) is 10.9 Å². The summed E-state index contributed by atoms with van der Waals surface area (Å²) in [5, 5.41) is 17.7. The average Bonchev–Trinajstić information content (AvgIpc) is 1.62. The summed E-state index contributed by atoms with van der Waals surface area (Å²) in [6.45, 7) is 86.0. The highest BCUT2D eigenvalue weighted by atomic mass is 15.3. The molecule has 11 heterocycles. The van der Waals surface area contributed by atoms with Crippen LogP contribution in [0.2, 0.25) is 0 Å². The molecule has 16 rings (SSSR count). The molecule has 12 heteroatoms. The molecule has 2 aromatic carbocycles. The number of piperidine rings is 4. The van der Waals surface area contributed by atoms with Crippen molar-refractivity contribution >= 4 is 22.8 Å². The Bertz CT molecular complexity index is 2820. The summed E-state index contributed by atoms with van der Waals surface area (Å²) in [5.74, 6) is 10.1. The molecule has 0 radical (unpaired) electrons. The number of nitrogens with zero attached hydrogens (tertiary/aromatic N) is 7. The number of pyridine rings is 1. The summed E-state index contributed by atoms with van der Waals surface area (Å²) in [4.78, 5) is 21.3. The van der Waals surface area contributed by atoms with E-state index in [1.807, 2.05) is 24.7 Å². The van der Waals surface area contributed by atoms with Crippen molar-refractivity contribution in [1.29, 1.82) is 0 Å². The fourth-order valence-electron chi connectivity index (χ4n) is 16.4. The number of hydrogen-bond acceptors (Lipinski definition) is 12. The molecule has 3 aromatic rings. The normalized spacial score (nSPS) is 24.5. The lowest BCUT2D eigenvalue weighted by molar-refractivity contribution is 0.0690. The van der Waals surface area contributed by atoms with Crippen LogP contribution in [0, 0.1) is 59.2 Å². The zero-order chi connectivity index (χ0) is 81.8. The van der Waals surface area contributed by atoms with Gasteiger partial charge in [-0.25, -0.2) is 0 Å². The number of nitrogens with one attached hydrogen (secondary N) is 5. The number of aliphatic imine (C=N–C) groups is 1. The average molecular weight is 1530 g/mol. The van der Waals surface area contributed by atoms with Crippen molar-refractivity contribution in [3.63, 3.8) is 0 Å². The number of aromatic nitrogens is 1. The first-order valence-electron chi connectivity index (χ1n) is 45.7. The van der Waals surface area contributed by atoms with Crippen LogP contribution >= 0.6 is 0 Å². The highest BCUT2D eigenvalue weighted by molar-refractivity contribution is 5.82. The molecule has 12 nitrogen and oxygen atoms in total. The molecule has 0 amide bonds. The number of fused-ring (bicyclic) bond motifs is 7. The van der Waals surface area contributed by atoms with Gasteiger partial charge in [0.15, 0.2) is 0 Å². The molecule has 10 aliphatic heterocycles. The Balaban J connectivity index is 0.000000255. The molecule has 1 aromatic heterocycles. The van der Waals surface area contributed by atoms with E-state index < -0.39 is 0 Å². The molecule has 4 bridgehead atoms. The van der Waals surface area contributed by atoms with E-state index in [2.05, 4.69) is 297 Å². The van der Waals surface area contributed by atoms with E-state index in [0.717, 1.165) is 116 Å². The van der Waals surface area contributed by atoms with Gasteiger partial charge in [0.25, 0.3) is 0 Å². The van der Waals surface area contributed by atoms with Gasteiger partial charge < -0.3 is 36.4 Å². The minimum Gasteiger partial charge on any atom is -0.384 e. The standard InChI is InChI=1S/C12H17N.C12H13N.C11H21N.C10H19N.C8H15N.2C7H15N.C7H11N.C7H15N.C5H11N.C4H10N2.2C4H10/c1-12(2,3)10-4-5-11-9(8-10)6-7-13-11;1-9(2)10-5-3-7-12-11(10)6-4-8-13-12;1-11(2,3)12-7-9-4-5-10(6-9)8-12;1-10(2,3)11-7-8-4-5-9(11)6-8;1-6(2)9-4-7-3-8(7)5-9;1-7(2,3)8-5-4-6-8;2*1-6(2)7-3-4-8-5-7;1-7(2)8-5-3-4-6-8;1-2-4-6-5-3-1;1-2-6-4-3-5-1;2*1-4(2)3/h4-5,8,13H,6-7H2,1-3H3;3-9H,1-2H3;9-10H,4-8H2,1-3H3;8-9H,4-7H2,1-3H3;6-8H,3-5H2,1-2H3;4-6H2,1-3H3;6-8H,3-5H2,1-2H3;4-6H,3H2,1-2H3;7H,3-6H2,1-2H3;6H,1-5H2;5-6H,1-4H2;2*4H,1-3H3. The Morgan fingerprint density at radius 2 is 1.02 bits per heavy atom.